The Morgan fingerprint density at radius 1 is 1.00 bits per heavy atom. The lowest BCUT2D eigenvalue weighted by atomic mass is 9.59. The van der Waals surface area contributed by atoms with Crippen molar-refractivity contribution < 1.29 is 28.9 Å². The number of epoxide rings is 1. The zero-order valence-corrected chi connectivity index (χ0v) is 14.9. The molecule has 24 heavy (non-hydrogen) atoms. The summed E-state index contributed by atoms with van der Waals surface area (Å²) >= 11 is 0. The van der Waals surface area contributed by atoms with Crippen LogP contribution in [0.15, 0.2) is 0 Å². The number of aliphatic hydroxyl groups is 1. The molecule has 136 valence electrons. The topological polar surface area (TPSA) is 85.4 Å². The second-order valence-corrected chi connectivity index (χ2v) is 8.05. The molecule has 7 atom stereocenters. The van der Waals surface area contributed by atoms with E-state index in [-0.39, 0.29) is 47.3 Å². The van der Waals surface area contributed by atoms with Crippen molar-refractivity contribution in [1.82, 2.24) is 0 Å². The number of ether oxygens (including phenoxy) is 3. The van der Waals surface area contributed by atoms with Gasteiger partial charge in [-0.3, -0.25) is 9.59 Å². The Kier molecular flexibility index (Phi) is 4.41. The molecule has 6 heteroatoms. The average Bonchev–Trinajstić information content (AvgIpc) is 3.23. The van der Waals surface area contributed by atoms with Gasteiger partial charge in [-0.15, -0.1) is 0 Å². The first-order valence-corrected chi connectivity index (χ1v) is 8.78. The van der Waals surface area contributed by atoms with Crippen molar-refractivity contribution in [3.63, 3.8) is 0 Å². The number of rotatable bonds is 3. The molecule has 0 aromatic carbocycles. The zero-order chi connectivity index (χ0) is 17.7. The summed E-state index contributed by atoms with van der Waals surface area (Å²) < 4.78 is 15.8. The fourth-order valence-electron chi connectivity index (χ4n) is 5.01. The first-order chi connectivity index (χ1) is 11.2. The van der Waals surface area contributed by atoms with E-state index in [9.17, 15) is 14.7 Å². The van der Waals surface area contributed by atoms with Crippen LogP contribution in [0, 0.1) is 23.7 Å². The lowest BCUT2D eigenvalue weighted by Crippen LogP contribution is -2.51. The molecule has 1 aliphatic heterocycles. The largest absolute Gasteiger partial charge is 0.469 e. The molecule has 1 saturated heterocycles. The molecular formula is C18H28O6. The predicted octanol–water partition coefficient (Wildman–Crippen LogP) is 1.68. The van der Waals surface area contributed by atoms with Crippen LogP contribution in [0.1, 0.15) is 46.0 Å². The molecule has 0 aromatic rings. The molecule has 0 aromatic heterocycles. The molecule has 3 aliphatic rings. The quantitative estimate of drug-likeness (QED) is 0.621. The van der Waals surface area contributed by atoms with Crippen LogP contribution < -0.4 is 0 Å². The SMILES string of the molecule is COC(=O)C1CCC(C)(O)C(C2CC(C(=O)OC)CC3OC32C)C1. The van der Waals surface area contributed by atoms with Gasteiger partial charge in [0.05, 0.1) is 43.4 Å². The van der Waals surface area contributed by atoms with Gasteiger partial charge < -0.3 is 19.3 Å². The smallest absolute Gasteiger partial charge is 0.308 e. The van der Waals surface area contributed by atoms with Gasteiger partial charge >= 0.3 is 11.9 Å². The number of esters is 2. The van der Waals surface area contributed by atoms with E-state index in [4.69, 9.17) is 14.2 Å². The molecule has 0 bridgehead atoms. The van der Waals surface area contributed by atoms with Gasteiger partial charge in [-0.25, -0.2) is 0 Å². The number of hydrogen-bond acceptors (Lipinski definition) is 6. The van der Waals surface area contributed by atoms with Crippen LogP contribution >= 0.6 is 0 Å². The van der Waals surface area contributed by atoms with Gasteiger partial charge in [0.25, 0.3) is 0 Å². The van der Waals surface area contributed by atoms with Crippen LogP contribution in [-0.4, -0.2) is 48.6 Å². The van der Waals surface area contributed by atoms with Crippen LogP contribution in [0.3, 0.4) is 0 Å². The predicted molar refractivity (Wildman–Crippen MR) is 85.0 cm³/mol. The van der Waals surface area contributed by atoms with Crippen LogP contribution in [0.2, 0.25) is 0 Å². The lowest BCUT2D eigenvalue weighted by Gasteiger charge is -2.47. The first kappa shape index (κ1) is 17.7. The fraction of sp³-hybridized carbons (Fsp3) is 0.889. The van der Waals surface area contributed by atoms with Crippen molar-refractivity contribution in [2.75, 3.05) is 14.2 Å². The zero-order valence-electron chi connectivity index (χ0n) is 14.9. The maximum atomic E-state index is 12.0. The van der Waals surface area contributed by atoms with E-state index in [0.29, 0.717) is 32.1 Å². The van der Waals surface area contributed by atoms with Crippen LogP contribution in [0.5, 0.6) is 0 Å². The van der Waals surface area contributed by atoms with E-state index in [1.807, 2.05) is 6.92 Å². The molecule has 0 spiro atoms. The standard InChI is InChI=1S/C18H28O6/c1-17(21)6-5-10(15(19)22-3)7-12(17)13-8-11(16(20)23-4)9-14-18(13,2)24-14/h10-14,21H,5-9H2,1-4H3. The van der Waals surface area contributed by atoms with Crippen molar-refractivity contribution in [2.24, 2.45) is 23.7 Å². The molecule has 2 saturated carbocycles. The molecule has 3 fully saturated rings. The van der Waals surface area contributed by atoms with E-state index < -0.39 is 5.60 Å². The Hall–Kier alpha value is -1.14. The second-order valence-electron chi connectivity index (χ2n) is 8.05. The van der Waals surface area contributed by atoms with Gasteiger partial charge in [-0.1, -0.05) is 0 Å². The summed E-state index contributed by atoms with van der Waals surface area (Å²) in [5.41, 5.74) is -1.18. The Morgan fingerprint density at radius 3 is 2.21 bits per heavy atom. The summed E-state index contributed by atoms with van der Waals surface area (Å²) in [5.74, 6) is -0.887. The number of carbonyl (C=O) groups is 2. The first-order valence-electron chi connectivity index (χ1n) is 8.78. The third-order valence-electron chi connectivity index (χ3n) is 6.64. The number of carbonyl (C=O) groups excluding carboxylic acids is 2. The Labute approximate surface area is 142 Å². The number of methoxy groups -OCH3 is 2. The Balaban J connectivity index is 1.83. The highest BCUT2D eigenvalue weighted by molar-refractivity contribution is 5.73. The summed E-state index contributed by atoms with van der Waals surface area (Å²) in [4.78, 5) is 24.0. The molecule has 0 amide bonds. The van der Waals surface area contributed by atoms with Crippen molar-refractivity contribution in [3.05, 3.63) is 0 Å². The summed E-state index contributed by atoms with van der Waals surface area (Å²) in [6.45, 7) is 3.90. The minimum Gasteiger partial charge on any atom is -0.469 e. The molecule has 0 radical (unpaired) electrons. The second kappa shape index (κ2) is 5.99. The molecule has 2 aliphatic carbocycles. The van der Waals surface area contributed by atoms with Gasteiger partial charge in [-0.05, 0) is 57.8 Å². The van der Waals surface area contributed by atoms with Crippen LogP contribution in [0.25, 0.3) is 0 Å². The van der Waals surface area contributed by atoms with Gasteiger partial charge in [0.2, 0.25) is 0 Å². The molecule has 1 heterocycles. The number of fused-ring (bicyclic) bond motifs is 1. The highest BCUT2D eigenvalue weighted by Gasteiger charge is 2.65. The normalized spacial score (nSPS) is 47.5. The van der Waals surface area contributed by atoms with E-state index in [1.54, 1.807) is 0 Å². The number of hydrogen-bond donors (Lipinski definition) is 1. The van der Waals surface area contributed by atoms with Crippen LogP contribution in [-0.2, 0) is 23.8 Å². The van der Waals surface area contributed by atoms with Gasteiger partial charge in [-0.2, -0.15) is 0 Å². The van der Waals surface area contributed by atoms with E-state index in [1.165, 1.54) is 14.2 Å². The summed E-state index contributed by atoms with van der Waals surface area (Å²) in [6.07, 6.45) is 3.10. The Morgan fingerprint density at radius 2 is 1.58 bits per heavy atom. The third-order valence-corrected chi connectivity index (χ3v) is 6.64. The van der Waals surface area contributed by atoms with Crippen molar-refractivity contribution in [3.8, 4) is 0 Å². The lowest BCUT2D eigenvalue weighted by molar-refractivity contribution is -0.156. The average molecular weight is 340 g/mol. The molecule has 1 N–H and O–H groups in total. The van der Waals surface area contributed by atoms with Crippen molar-refractivity contribution >= 4 is 11.9 Å². The molecule has 6 nitrogen and oxygen atoms in total. The summed E-state index contributed by atoms with van der Waals surface area (Å²) in [6, 6.07) is 0. The highest BCUT2D eigenvalue weighted by atomic mass is 16.6. The van der Waals surface area contributed by atoms with Crippen molar-refractivity contribution in [1.29, 1.82) is 0 Å². The third kappa shape index (κ3) is 2.84. The van der Waals surface area contributed by atoms with E-state index in [2.05, 4.69) is 6.92 Å². The minimum atomic E-state index is -0.868. The summed E-state index contributed by atoms with van der Waals surface area (Å²) in [5, 5.41) is 11.0. The maximum absolute atomic E-state index is 12.0. The van der Waals surface area contributed by atoms with Gasteiger partial charge in [0, 0.05) is 0 Å². The molecule has 7 unspecified atom stereocenters. The molecular weight excluding hydrogens is 312 g/mol. The van der Waals surface area contributed by atoms with Gasteiger partial charge in [0.15, 0.2) is 0 Å². The maximum Gasteiger partial charge on any atom is 0.308 e. The minimum absolute atomic E-state index is 0.0304. The van der Waals surface area contributed by atoms with Crippen molar-refractivity contribution in [2.45, 2.75) is 63.3 Å². The van der Waals surface area contributed by atoms with E-state index >= 15 is 0 Å². The molecule has 3 rings (SSSR count). The fourth-order valence-corrected chi connectivity index (χ4v) is 5.01. The highest BCUT2D eigenvalue weighted by Crippen LogP contribution is 2.59. The summed E-state index contributed by atoms with van der Waals surface area (Å²) in [7, 11) is 2.81. The van der Waals surface area contributed by atoms with Crippen LogP contribution in [0.4, 0.5) is 0 Å². The monoisotopic (exact) mass is 340 g/mol. The van der Waals surface area contributed by atoms with Gasteiger partial charge in [0.1, 0.15) is 0 Å². The Bertz CT molecular complexity index is 521. The van der Waals surface area contributed by atoms with E-state index in [0.717, 1.165) is 0 Å².